The lowest BCUT2D eigenvalue weighted by Gasteiger charge is -2.28. The van der Waals surface area contributed by atoms with Gasteiger partial charge in [-0.25, -0.2) is 4.79 Å². The molecule has 1 rings (SSSR count). The van der Waals surface area contributed by atoms with Gasteiger partial charge in [0.05, 0.1) is 5.57 Å². The summed E-state index contributed by atoms with van der Waals surface area (Å²) in [5.41, 5.74) is 1.05. The first-order chi connectivity index (χ1) is 7.90. The lowest BCUT2D eigenvalue weighted by molar-refractivity contribution is -0.141. The average molecular weight is 239 g/mol. The fourth-order valence-corrected chi connectivity index (χ4v) is 2.41. The molecule has 0 aromatic rings. The standard InChI is InChI=1S/C12H17NO4/c1-4-5-8-9(11(14)15)6(2)13-7(3)10(8)12(16)17/h8-9H,4-5H2,1-3H3,(H,14,15)(H,16,17)/t8-,9-/m0/s1. The monoisotopic (exact) mass is 239 g/mol. The van der Waals surface area contributed by atoms with Crippen LogP contribution in [0.2, 0.25) is 0 Å². The first kappa shape index (κ1) is 13.4. The van der Waals surface area contributed by atoms with Crippen molar-refractivity contribution in [3.8, 4) is 0 Å². The minimum Gasteiger partial charge on any atom is -0.481 e. The van der Waals surface area contributed by atoms with Gasteiger partial charge in [0.1, 0.15) is 5.92 Å². The first-order valence-corrected chi connectivity index (χ1v) is 5.62. The molecule has 0 spiro atoms. The smallest absolute Gasteiger partial charge is 0.333 e. The number of rotatable bonds is 4. The van der Waals surface area contributed by atoms with Gasteiger partial charge in [-0.15, -0.1) is 0 Å². The second kappa shape index (κ2) is 5.12. The molecule has 2 atom stereocenters. The predicted molar refractivity (Wildman–Crippen MR) is 63.0 cm³/mol. The van der Waals surface area contributed by atoms with Crippen molar-refractivity contribution in [3.05, 3.63) is 11.3 Å². The van der Waals surface area contributed by atoms with Crippen LogP contribution >= 0.6 is 0 Å². The highest BCUT2D eigenvalue weighted by Gasteiger charge is 2.39. The number of hydrogen-bond donors (Lipinski definition) is 2. The van der Waals surface area contributed by atoms with Crippen molar-refractivity contribution in [1.29, 1.82) is 0 Å². The normalized spacial score (nSPS) is 24.5. The van der Waals surface area contributed by atoms with Crippen molar-refractivity contribution < 1.29 is 19.8 Å². The van der Waals surface area contributed by atoms with E-state index in [-0.39, 0.29) is 5.57 Å². The highest BCUT2D eigenvalue weighted by Crippen LogP contribution is 2.34. The van der Waals surface area contributed by atoms with Gasteiger partial charge in [0, 0.05) is 17.3 Å². The van der Waals surface area contributed by atoms with E-state index in [1.165, 1.54) is 0 Å². The van der Waals surface area contributed by atoms with Crippen molar-refractivity contribution in [2.24, 2.45) is 16.8 Å². The van der Waals surface area contributed by atoms with Crippen LogP contribution in [0.15, 0.2) is 16.3 Å². The summed E-state index contributed by atoms with van der Waals surface area (Å²) in [7, 11) is 0. The van der Waals surface area contributed by atoms with E-state index in [9.17, 15) is 19.8 Å². The van der Waals surface area contributed by atoms with Gasteiger partial charge in [0.2, 0.25) is 0 Å². The molecule has 0 aliphatic carbocycles. The van der Waals surface area contributed by atoms with Crippen molar-refractivity contribution in [1.82, 2.24) is 0 Å². The third kappa shape index (κ3) is 2.54. The molecule has 0 fully saturated rings. The summed E-state index contributed by atoms with van der Waals surface area (Å²) in [6, 6.07) is 0. The third-order valence-corrected chi connectivity index (χ3v) is 3.05. The lowest BCUT2D eigenvalue weighted by Crippen LogP contribution is -2.36. The maximum atomic E-state index is 11.2. The molecule has 0 unspecified atom stereocenters. The molecule has 0 saturated carbocycles. The molecular formula is C12H17NO4. The zero-order chi connectivity index (χ0) is 13.2. The van der Waals surface area contributed by atoms with Crippen LogP contribution in [-0.4, -0.2) is 27.9 Å². The Morgan fingerprint density at radius 2 is 1.88 bits per heavy atom. The Balaban J connectivity index is 3.27. The van der Waals surface area contributed by atoms with Crippen LogP contribution in [-0.2, 0) is 9.59 Å². The Hall–Kier alpha value is -1.65. The summed E-state index contributed by atoms with van der Waals surface area (Å²) in [6.45, 7) is 5.17. The van der Waals surface area contributed by atoms with Gasteiger partial charge in [0.25, 0.3) is 0 Å². The molecule has 1 aliphatic rings. The zero-order valence-electron chi connectivity index (χ0n) is 10.2. The molecule has 0 aromatic heterocycles. The maximum absolute atomic E-state index is 11.2. The Morgan fingerprint density at radius 3 is 2.29 bits per heavy atom. The van der Waals surface area contributed by atoms with Crippen LogP contribution in [0.5, 0.6) is 0 Å². The molecule has 94 valence electrons. The summed E-state index contributed by atoms with van der Waals surface area (Å²) < 4.78 is 0. The molecule has 0 saturated heterocycles. The minimum atomic E-state index is -1.07. The molecule has 0 radical (unpaired) electrons. The van der Waals surface area contributed by atoms with Crippen molar-refractivity contribution in [2.75, 3.05) is 0 Å². The van der Waals surface area contributed by atoms with Crippen LogP contribution in [0.4, 0.5) is 0 Å². The largest absolute Gasteiger partial charge is 0.481 e. The van der Waals surface area contributed by atoms with E-state index in [2.05, 4.69) is 4.99 Å². The number of carboxylic acids is 2. The Kier molecular flexibility index (Phi) is 4.04. The quantitative estimate of drug-likeness (QED) is 0.784. The number of carboxylic acid groups (broad SMARTS) is 2. The average Bonchev–Trinajstić information content (AvgIpc) is 2.15. The number of aliphatic imine (C=N–C) groups is 1. The second-order valence-corrected chi connectivity index (χ2v) is 4.27. The number of nitrogens with zero attached hydrogens (tertiary/aromatic N) is 1. The van der Waals surface area contributed by atoms with Crippen LogP contribution in [0, 0.1) is 11.8 Å². The van der Waals surface area contributed by atoms with Gasteiger partial charge >= 0.3 is 11.9 Å². The minimum absolute atomic E-state index is 0.143. The van der Waals surface area contributed by atoms with E-state index >= 15 is 0 Å². The fourth-order valence-electron chi connectivity index (χ4n) is 2.41. The van der Waals surface area contributed by atoms with Crippen LogP contribution < -0.4 is 0 Å². The summed E-state index contributed by atoms with van der Waals surface area (Å²) in [6.07, 6.45) is 1.29. The maximum Gasteiger partial charge on any atom is 0.333 e. The van der Waals surface area contributed by atoms with Crippen LogP contribution in [0.3, 0.4) is 0 Å². The molecule has 2 N–H and O–H groups in total. The molecule has 5 nitrogen and oxygen atoms in total. The van der Waals surface area contributed by atoms with Gasteiger partial charge in [-0.2, -0.15) is 0 Å². The highest BCUT2D eigenvalue weighted by molar-refractivity contribution is 6.04. The van der Waals surface area contributed by atoms with Gasteiger partial charge in [-0.1, -0.05) is 13.3 Å². The molecule has 0 amide bonds. The van der Waals surface area contributed by atoms with Crippen LogP contribution in [0.1, 0.15) is 33.6 Å². The Bertz CT molecular complexity index is 409. The molecule has 0 bridgehead atoms. The van der Waals surface area contributed by atoms with E-state index in [1.807, 2.05) is 6.92 Å². The van der Waals surface area contributed by atoms with Crippen molar-refractivity contribution in [3.63, 3.8) is 0 Å². The van der Waals surface area contributed by atoms with E-state index in [0.29, 0.717) is 17.8 Å². The van der Waals surface area contributed by atoms with Gasteiger partial charge in [-0.05, 0) is 20.3 Å². The summed E-state index contributed by atoms with van der Waals surface area (Å²) in [5, 5.41) is 18.4. The molecular weight excluding hydrogens is 222 g/mol. The zero-order valence-corrected chi connectivity index (χ0v) is 10.2. The molecule has 1 heterocycles. The molecule has 1 aliphatic heterocycles. The number of allylic oxidation sites excluding steroid dienone is 1. The fraction of sp³-hybridized carbons (Fsp3) is 0.583. The number of aliphatic carboxylic acids is 2. The summed E-state index contributed by atoms with van der Waals surface area (Å²) in [4.78, 5) is 26.5. The van der Waals surface area contributed by atoms with Gasteiger partial charge < -0.3 is 10.2 Å². The third-order valence-electron chi connectivity index (χ3n) is 3.05. The second-order valence-electron chi connectivity index (χ2n) is 4.27. The first-order valence-electron chi connectivity index (χ1n) is 5.62. The summed E-state index contributed by atoms with van der Waals surface area (Å²) >= 11 is 0. The van der Waals surface area contributed by atoms with E-state index in [1.54, 1.807) is 13.8 Å². The van der Waals surface area contributed by atoms with Crippen molar-refractivity contribution >= 4 is 17.7 Å². The number of hydrogen-bond acceptors (Lipinski definition) is 3. The van der Waals surface area contributed by atoms with Crippen LogP contribution in [0.25, 0.3) is 0 Å². The predicted octanol–water partition coefficient (Wildman–Crippen LogP) is 1.94. The topological polar surface area (TPSA) is 87.0 Å². The Morgan fingerprint density at radius 1 is 1.29 bits per heavy atom. The van der Waals surface area contributed by atoms with Gasteiger partial charge in [0.15, 0.2) is 0 Å². The van der Waals surface area contributed by atoms with E-state index < -0.39 is 23.8 Å². The molecule has 0 aromatic carbocycles. The lowest BCUT2D eigenvalue weighted by atomic mass is 9.77. The van der Waals surface area contributed by atoms with Crippen molar-refractivity contribution in [2.45, 2.75) is 33.6 Å². The number of carbonyl (C=O) groups is 2. The summed E-state index contributed by atoms with van der Waals surface area (Å²) in [5.74, 6) is -3.36. The highest BCUT2D eigenvalue weighted by atomic mass is 16.4. The SMILES string of the molecule is CCC[C@@H]1C(C(=O)O)=C(C)N=C(C)[C@@H]1C(=O)O. The Labute approximate surface area is 99.9 Å². The molecule has 17 heavy (non-hydrogen) atoms. The van der Waals surface area contributed by atoms with Gasteiger partial charge in [-0.3, -0.25) is 9.79 Å². The van der Waals surface area contributed by atoms with E-state index in [4.69, 9.17) is 0 Å². The van der Waals surface area contributed by atoms with E-state index in [0.717, 1.165) is 6.42 Å². The molecule has 5 heteroatoms.